The van der Waals surface area contributed by atoms with Crippen LogP contribution in [0.5, 0.6) is 23.1 Å². The van der Waals surface area contributed by atoms with Crippen LogP contribution in [0.1, 0.15) is 98.5 Å². The number of nitrogens with two attached hydrogens (primary N) is 1. The molecule has 1 aliphatic carbocycles. The van der Waals surface area contributed by atoms with Crippen molar-refractivity contribution < 1.29 is 89.8 Å². The second kappa shape index (κ2) is 38.3. The number of aromatic nitrogens is 4. The minimum atomic E-state index is -1.58. The number of amides is 7. The number of benzene rings is 4. The summed E-state index contributed by atoms with van der Waals surface area (Å²) in [6, 6.07) is 17.5. The Hall–Kier alpha value is -9.57. The van der Waals surface area contributed by atoms with Crippen molar-refractivity contribution in [3.05, 3.63) is 147 Å². The summed E-state index contributed by atoms with van der Waals surface area (Å²) in [7, 11) is 2.18. The van der Waals surface area contributed by atoms with Crippen LogP contribution in [-0.4, -0.2) is 223 Å². The summed E-state index contributed by atoms with van der Waals surface area (Å²) in [5.41, 5.74) is 9.12. The third kappa shape index (κ3) is 21.5. The predicted octanol–water partition coefficient (Wildman–Crippen LogP) is 9.78. The standard InChI is InChI=1S/C81H94Cl2F2N12O16S/c1-47(2)71(94-63(98)23-33-106-34-30-96-64(99)18-19-65(96)100)76(102)93-60(7-6-26-88-80(86)105)75(101)92-55-14-8-50(9-15-55)40-97(5)31-28-95(29-32-97)39-58-44-110-57-16-17-61(111-41-56-22-27-87-74(91-56)52-20-24-81(85,25-21-52)45-108-43-59-42-107-35-36-109-59)53(37-57)38-62(79(103)104)113-77-68-67(66-48(3)69(82)72(112-58)70(83)49(66)4)73(114-78(68)90-46-89-77)51-10-12-54(84)13-11-51/h8-19,22,27,37,46-47,52,58-60,62,71H,6-7,20-21,23-26,28-36,38-45H2,1-5H3,(H6-,86,88,92,93,94,98,101,102,103,104,105)/p+1/t52?,58-,59+,60+,62-,71+,81?/m1/s1. The predicted molar refractivity (Wildman–Crippen MR) is 421 cm³/mol. The van der Waals surface area contributed by atoms with Gasteiger partial charge in [-0.15, -0.1) is 11.3 Å². The number of urea groups is 1. The normalized spacial score (nSPS) is 20.3. The van der Waals surface area contributed by atoms with E-state index >= 15 is 4.39 Å². The van der Waals surface area contributed by atoms with Gasteiger partial charge < -0.3 is 74.5 Å². The molecule has 33 heteroatoms. The van der Waals surface area contributed by atoms with Crippen molar-refractivity contribution in [2.45, 2.75) is 134 Å². The van der Waals surface area contributed by atoms with Gasteiger partial charge in [-0.05, 0) is 129 Å². The number of aliphatic carboxylic acids is 1. The van der Waals surface area contributed by atoms with E-state index in [1.165, 1.54) is 41.9 Å². The van der Waals surface area contributed by atoms with Gasteiger partial charge in [0.15, 0.2) is 5.75 Å². The lowest BCUT2D eigenvalue weighted by Gasteiger charge is -2.43. The number of piperazine rings is 1. The molecule has 7 N–H and O–H groups in total. The molecule has 3 fully saturated rings. The summed E-state index contributed by atoms with van der Waals surface area (Å²) in [6.45, 7) is 12.6. The number of imide groups is 1. The first-order valence-corrected chi connectivity index (χ1v) is 39.8. The summed E-state index contributed by atoms with van der Waals surface area (Å²) in [6.07, 6.45) is 4.36. The third-order valence-electron chi connectivity index (χ3n) is 21.1. The first kappa shape index (κ1) is 83.8. The lowest BCUT2D eigenvalue weighted by Crippen LogP contribution is -2.58. The van der Waals surface area contributed by atoms with Crippen molar-refractivity contribution in [3.8, 4) is 44.7 Å². The molecule has 4 aromatic carbocycles. The van der Waals surface area contributed by atoms with Gasteiger partial charge in [0.05, 0.1) is 94.1 Å². The van der Waals surface area contributed by atoms with E-state index in [1.54, 1.807) is 68.6 Å². The van der Waals surface area contributed by atoms with Crippen LogP contribution in [-0.2, 0) is 67.3 Å². The maximum absolute atomic E-state index is 16.1. The SMILES string of the molecule is Cc1c(Cl)c2c(Cl)c(C)c1-c1c(-c3ccc(F)cc3)sc3ncnc(c13)O[C@@H](C(=O)O)Cc1cc(ccc1OCc1ccnc(C3CCC(F)(COC[C@@H]4COCCO4)CC3)n1)OC[C@@H](CN1CC[N+](C)(Cc3ccc(NC(=O)[C@H](CCCNC(N)=O)NC(=O)[C@@H](NC(=O)CCOCCN4C(=O)C=CC4=O)C(C)C)cc3)CC1)O2. The Kier molecular flexibility index (Phi) is 28.1. The molecule has 2 saturated heterocycles. The number of nitrogens with one attached hydrogen (secondary N) is 4. The van der Waals surface area contributed by atoms with E-state index in [1.807, 2.05) is 26.0 Å². The Labute approximate surface area is 672 Å². The first-order valence-electron chi connectivity index (χ1n) is 38.2. The number of hydrogen-bond acceptors (Lipinski definition) is 21. The molecule has 114 heavy (non-hydrogen) atoms. The summed E-state index contributed by atoms with van der Waals surface area (Å²) >= 11 is 16.3. The van der Waals surface area contributed by atoms with Crippen LogP contribution >= 0.6 is 34.5 Å². The fraction of sp³-hybridized carbons (Fsp3) is 0.469. The molecule has 6 aliphatic rings. The van der Waals surface area contributed by atoms with Gasteiger partial charge in [-0.25, -0.2) is 38.3 Å². The van der Waals surface area contributed by atoms with Crippen molar-refractivity contribution in [3.63, 3.8) is 0 Å². The molecule has 4 bridgehead atoms. The lowest BCUT2D eigenvalue weighted by molar-refractivity contribution is -0.926. The van der Waals surface area contributed by atoms with Gasteiger partial charge in [0.1, 0.15) is 84.0 Å². The van der Waals surface area contributed by atoms with E-state index in [-0.39, 0.29) is 125 Å². The fourth-order valence-corrected chi connectivity index (χ4v) is 16.3. The smallest absolute Gasteiger partial charge is 0.345 e. The third-order valence-corrected chi connectivity index (χ3v) is 23.1. The maximum Gasteiger partial charge on any atom is 0.345 e. The summed E-state index contributed by atoms with van der Waals surface area (Å²) in [5, 5.41) is 22.9. The first-order chi connectivity index (χ1) is 54.8. The van der Waals surface area contributed by atoms with Crippen LogP contribution in [0.3, 0.4) is 0 Å². The largest absolute Gasteiger partial charge is 0.490 e. The number of hydrogen-bond donors (Lipinski definition) is 6. The number of ether oxygens (including phenoxy) is 8. The Morgan fingerprint density at radius 2 is 1.60 bits per heavy atom. The number of carbonyl (C=O) groups excluding carboxylic acids is 6. The number of carboxylic acids is 1. The van der Waals surface area contributed by atoms with Crippen LogP contribution in [0, 0.1) is 25.6 Å². The monoisotopic (exact) mass is 1630 g/mol. The van der Waals surface area contributed by atoms with E-state index in [4.69, 9.17) is 71.8 Å². The summed E-state index contributed by atoms with van der Waals surface area (Å²) < 4.78 is 80.8. The average molecular weight is 1630 g/mol. The highest BCUT2D eigenvalue weighted by Gasteiger charge is 2.39. The Bertz CT molecular complexity index is 4610. The molecule has 608 valence electrons. The van der Waals surface area contributed by atoms with Crippen molar-refractivity contribution in [2.75, 3.05) is 111 Å². The molecule has 28 nitrogen and oxygen atoms in total. The molecule has 3 aromatic heterocycles. The topological polar surface area (TPSA) is 346 Å². The van der Waals surface area contributed by atoms with Gasteiger partial charge in [-0.2, -0.15) is 0 Å². The van der Waals surface area contributed by atoms with Gasteiger partial charge in [-0.3, -0.25) is 33.8 Å². The second-order valence-electron chi connectivity index (χ2n) is 29.9. The van der Waals surface area contributed by atoms with E-state index in [2.05, 4.69) is 48.2 Å². The fourth-order valence-electron chi connectivity index (χ4n) is 14.7. The quantitative estimate of drug-likeness (QED) is 0.0138. The van der Waals surface area contributed by atoms with E-state index in [0.717, 1.165) is 23.6 Å². The number of fused-ring (bicyclic) bond motifs is 7. The van der Waals surface area contributed by atoms with Crippen molar-refractivity contribution >= 4 is 92.0 Å². The zero-order valence-electron chi connectivity index (χ0n) is 64.2. The Balaban J connectivity index is 0.742. The molecule has 0 unspecified atom stereocenters. The van der Waals surface area contributed by atoms with Crippen LogP contribution in [0.4, 0.5) is 19.3 Å². The molecule has 1 saturated carbocycles. The number of quaternary nitrogens is 1. The maximum atomic E-state index is 16.1. The molecule has 13 rings (SSSR count). The highest BCUT2D eigenvalue weighted by molar-refractivity contribution is 7.22. The highest BCUT2D eigenvalue weighted by Crippen LogP contribution is 2.53. The van der Waals surface area contributed by atoms with Crippen LogP contribution in [0.25, 0.3) is 31.8 Å². The Morgan fingerprint density at radius 3 is 2.29 bits per heavy atom. The zero-order valence-corrected chi connectivity index (χ0v) is 66.5. The molecule has 0 spiro atoms. The number of nitrogens with zero attached hydrogens (tertiary/aromatic N) is 7. The van der Waals surface area contributed by atoms with Gasteiger partial charge in [-0.1, -0.05) is 61.3 Å². The number of primary amides is 1. The van der Waals surface area contributed by atoms with Crippen LogP contribution in [0.2, 0.25) is 10.0 Å². The van der Waals surface area contributed by atoms with E-state index in [9.17, 15) is 43.1 Å². The van der Waals surface area contributed by atoms with Gasteiger partial charge in [0.25, 0.3) is 11.8 Å². The molecular formula is C81H95Cl2F2N12O16S+. The number of rotatable bonds is 30. The van der Waals surface area contributed by atoms with Crippen molar-refractivity contribution in [1.82, 2.24) is 45.7 Å². The summed E-state index contributed by atoms with van der Waals surface area (Å²) in [4.78, 5) is 113. The number of halogens is 4. The summed E-state index contributed by atoms with van der Waals surface area (Å²) in [5.74, 6) is -3.34. The molecule has 5 aliphatic heterocycles. The zero-order chi connectivity index (χ0) is 80.8. The molecular weight excluding hydrogens is 1540 g/mol. The molecule has 7 aromatic rings. The van der Waals surface area contributed by atoms with Crippen LogP contribution in [0.15, 0.2) is 97.5 Å². The second-order valence-corrected chi connectivity index (χ2v) is 31.7. The number of likely N-dealkylation sites (N-methyl/N-ethyl adjacent to an activating group) is 1. The molecule has 0 radical (unpaired) electrons. The van der Waals surface area contributed by atoms with Gasteiger partial charge >= 0.3 is 12.0 Å². The molecule has 7 amide bonds. The van der Waals surface area contributed by atoms with Crippen molar-refractivity contribution in [1.29, 1.82) is 0 Å². The number of carboxylic acid groups (broad SMARTS) is 1. The number of anilines is 1. The molecule has 8 heterocycles. The number of thiophene rings is 1. The van der Waals surface area contributed by atoms with Gasteiger partial charge in [0.2, 0.25) is 29.7 Å². The Morgan fingerprint density at radius 1 is 0.860 bits per heavy atom. The number of carbonyl (C=O) groups is 7. The minimum Gasteiger partial charge on any atom is -0.490 e. The van der Waals surface area contributed by atoms with Crippen LogP contribution < -0.4 is 45.9 Å². The van der Waals surface area contributed by atoms with E-state index in [0.29, 0.717) is 141 Å². The van der Waals surface area contributed by atoms with Crippen molar-refractivity contribution in [2.24, 2.45) is 11.7 Å². The highest BCUT2D eigenvalue weighted by atomic mass is 35.5. The number of alkyl halides is 1. The minimum absolute atomic E-state index is 0.0154. The lowest BCUT2D eigenvalue weighted by atomic mass is 9.80. The van der Waals surface area contributed by atoms with E-state index < -0.39 is 83.2 Å². The average Bonchev–Trinajstić information content (AvgIpc) is 1.54. The molecule has 5 atom stereocenters. The van der Waals surface area contributed by atoms with Gasteiger partial charge in [0, 0.05) is 90.5 Å².